The molecule has 0 aromatic heterocycles. The van der Waals surface area contributed by atoms with Gasteiger partial charge in [0.05, 0.1) is 5.60 Å². The first-order valence-electron chi connectivity index (χ1n) is 7.06. The van der Waals surface area contributed by atoms with E-state index in [1.165, 1.54) is 0 Å². The Kier molecular flexibility index (Phi) is 5.26. The maximum Gasteiger partial charge on any atom is 0.314 e. The molecular weight excluding hydrogens is 276 g/mol. The molecule has 1 aliphatic carbocycles. The molecule has 0 bridgehead atoms. The summed E-state index contributed by atoms with van der Waals surface area (Å²) in [5.41, 5.74) is 0.428. The number of hydrogen-bond donors (Lipinski definition) is 3. The number of carbonyl (C=O) groups excluding carboxylic acids is 1. The molecule has 0 unspecified atom stereocenters. The van der Waals surface area contributed by atoms with Gasteiger partial charge in [0.15, 0.2) is 0 Å². The highest BCUT2D eigenvalue weighted by Crippen LogP contribution is 2.28. The Hall–Kier alpha value is -1.26. The van der Waals surface area contributed by atoms with E-state index in [1.807, 2.05) is 24.3 Å². The summed E-state index contributed by atoms with van der Waals surface area (Å²) in [7, 11) is 0. The molecule has 0 heterocycles. The highest BCUT2D eigenvalue weighted by molar-refractivity contribution is 6.30. The number of nitrogens with one attached hydrogen (secondary N) is 2. The first kappa shape index (κ1) is 15.1. The maximum absolute atomic E-state index is 11.6. The van der Waals surface area contributed by atoms with Crippen molar-refractivity contribution in [3.05, 3.63) is 34.9 Å². The summed E-state index contributed by atoms with van der Waals surface area (Å²) >= 11 is 5.81. The van der Waals surface area contributed by atoms with Gasteiger partial charge in [-0.2, -0.15) is 0 Å². The molecule has 0 atom stereocenters. The van der Waals surface area contributed by atoms with Crippen LogP contribution in [0, 0.1) is 0 Å². The minimum atomic E-state index is -0.701. The minimum Gasteiger partial charge on any atom is -0.388 e. The zero-order chi connectivity index (χ0) is 14.4. The summed E-state index contributed by atoms with van der Waals surface area (Å²) in [4.78, 5) is 11.6. The van der Waals surface area contributed by atoms with Crippen molar-refractivity contribution in [3.8, 4) is 0 Å². The lowest BCUT2D eigenvalue weighted by Crippen LogP contribution is -2.45. The molecule has 4 nitrogen and oxygen atoms in total. The molecule has 1 saturated carbocycles. The predicted octanol–water partition coefficient (Wildman–Crippen LogP) is 2.49. The molecule has 110 valence electrons. The van der Waals surface area contributed by atoms with Gasteiger partial charge in [0, 0.05) is 18.1 Å². The summed E-state index contributed by atoms with van der Waals surface area (Å²) in [5, 5.41) is 16.4. The van der Waals surface area contributed by atoms with Crippen molar-refractivity contribution in [2.45, 2.75) is 37.7 Å². The van der Waals surface area contributed by atoms with E-state index in [4.69, 9.17) is 11.6 Å². The number of rotatable bonds is 5. The summed E-state index contributed by atoms with van der Waals surface area (Å²) in [6.45, 7) is 0.895. The Morgan fingerprint density at radius 3 is 2.50 bits per heavy atom. The second kappa shape index (κ2) is 6.95. The Morgan fingerprint density at radius 1 is 1.20 bits per heavy atom. The summed E-state index contributed by atoms with van der Waals surface area (Å²) in [6.07, 6.45) is 4.39. The standard InChI is InChI=1S/C15H21ClN2O2/c16-13-5-3-12(4-6-13)7-10-17-14(19)18-11-15(20)8-1-2-9-15/h3-6,20H,1-2,7-11H2,(H2,17,18,19). The molecule has 0 saturated heterocycles. The third-order valence-electron chi connectivity index (χ3n) is 3.72. The van der Waals surface area contributed by atoms with Crippen molar-refractivity contribution in [1.82, 2.24) is 10.6 Å². The van der Waals surface area contributed by atoms with Crippen molar-refractivity contribution in [3.63, 3.8) is 0 Å². The number of carbonyl (C=O) groups is 1. The Labute approximate surface area is 124 Å². The average molecular weight is 297 g/mol. The summed E-state index contributed by atoms with van der Waals surface area (Å²) < 4.78 is 0. The SMILES string of the molecule is O=C(NCCc1ccc(Cl)cc1)NCC1(O)CCCC1. The molecule has 0 radical (unpaired) electrons. The Bertz CT molecular complexity index is 442. The molecule has 3 N–H and O–H groups in total. The lowest BCUT2D eigenvalue weighted by molar-refractivity contribution is 0.0501. The van der Waals surface area contributed by atoms with Crippen molar-refractivity contribution in [2.75, 3.05) is 13.1 Å². The topological polar surface area (TPSA) is 61.4 Å². The second-order valence-electron chi connectivity index (χ2n) is 5.42. The van der Waals surface area contributed by atoms with Crippen LogP contribution in [0.4, 0.5) is 4.79 Å². The van der Waals surface area contributed by atoms with Gasteiger partial charge in [-0.25, -0.2) is 4.79 Å². The summed E-state index contributed by atoms with van der Waals surface area (Å²) in [5.74, 6) is 0. The van der Waals surface area contributed by atoms with Crippen LogP contribution >= 0.6 is 11.6 Å². The fourth-order valence-electron chi connectivity index (χ4n) is 2.49. The first-order valence-corrected chi connectivity index (χ1v) is 7.44. The van der Waals surface area contributed by atoms with Gasteiger partial charge in [-0.15, -0.1) is 0 Å². The minimum absolute atomic E-state index is 0.223. The normalized spacial score (nSPS) is 16.9. The van der Waals surface area contributed by atoms with Gasteiger partial charge < -0.3 is 15.7 Å². The molecule has 0 aliphatic heterocycles. The van der Waals surface area contributed by atoms with Crippen LogP contribution in [0.15, 0.2) is 24.3 Å². The molecule has 20 heavy (non-hydrogen) atoms. The number of amides is 2. The molecule has 1 aliphatic rings. The van der Waals surface area contributed by atoms with Crippen LogP contribution in [0.1, 0.15) is 31.2 Å². The zero-order valence-corrected chi connectivity index (χ0v) is 12.2. The fourth-order valence-corrected chi connectivity index (χ4v) is 2.61. The van der Waals surface area contributed by atoms with E-state index in [0.717, 1.165) is 37.7 Å². The van der Waals surface area contributed by atoms with E-state index in [2.05, 4.69) is 10.6 Å². The molecule has 5 heteroatoms. The molecule has 2 rings (SSSR count). The first-order chi connectivity index (χ1) is 9.57. The van der Waals surface area contributed by atoms with E-state index in [0.29, 0.717) is 18.1 Å². The highest BCUT2D eigenvalue weighted by Gasteiger charge is 2.31. The van der Waals surface area contributed by atoms with E-state index in [1.54, 1.807) is 0 Å². The number of urea groups is 1. The monoisotopic (exact) mass is 296 g/mol. The van der Waals surface area contributed by atoms with Crippen LogP contribution in [0.5, 0.6) is 0 Å². The van der Waals surface area contributed by atoms with Crippen LogP contribution in [0.3, 0.4) is 0 Å². The number of halogens is 1. The molecule has 1 aromatic rings. The van der Waals surface area contributed by atoms with Crippen LogP contribution in [0.2, 0.25) is 5.02 Å². The predicted molar refractivity (Wildman–Crippen MR) is 80.0 cm³/mol. The van der Waals surface area contributed by atoms with Gasteiger partial charge in [-0.1, -0.05) is 36.6 Å². The molecule has 1 fully saturated rings. The molecular formula is C15H21ClN2O2. The van der Waals surface area contributed by atoms with Crippen molar-refractivity contribution in [2.24, 2.45) is 0 Å². The molecule has 1 aromatic carbocycles. The van der Waals surface area contributed by atoms with Gasteiger partial charge in [0.1, 0.15) is 0 Å². The number of hydrogen-bond acceptors (Lipinski definition) is 2. The van der Waals surface area contributed by atoms with Crippen LogP contribution < -0.4 is 10.6 Å². The van der Waals surface area contributed by atoms with Gasteiger partial charge in [0.25, 0.3) is 0 Å². The summed E-state index contributed by atoms with van der Waals surface area (Å²) in [6, 6.07) is 7.35. The highest BCUT2D eigenvalue weighted by atomic mass is 35.5. The zero-order valence-electron chi connectivity index (χ0n) is 11.5. The lowest BCUT2D eigenvalue weighted by atomic mass is 10.0. The number of aliphatic hydroxyl groups is 1. The van der Waals surface area contributed by atoms with Crippen LogP contribution in [0.25, 0.3) is 0 Å². The van der Waals surface area contributed by atoms with E-state index >= 15 is 0 Å². The Morgan fingerprint density at radius 2 is 1.85 bits per heavy atom. The fraction of sp³-hybridized carbons (Fsp3) is 0.533. The lowest BCUT2D eigenvalue weighted by Gasteiger charge is -2.22. The van der Waals surface area contributed by atoms with E-state index in [9.17, 15) is 9.90 Å². The van der Waals surface area contributed by atoms with Crippen molar-refractivity contribution >= 4 is 17.6 Å². The average Bonchev–Trinajstić information content (AvgIpc) is 2.86. The van der Waals surface area contributed by atoms with Gasteiger partial charge in [-0.05, 0) is 37.0 Å². The van der Waals surface area contributed by atoms with Crippen molar-refractivity contribution in [1.29, 1.82) is 0 Å². The van der Waals surface area contributed by atoms with Gasteiger partial charge >= 0.3 is 6.03 Å². The molecule has 0 spiro atoms. The quantitative estimate of drug-likeness (QED) is 0.782. The van der Waals surface area contributed by atoms with E-state index < -0.39 is 5.60 Å². The third-order valence-corrected chi connectivity index (χ3v) is 3.98. The van der Waals surface area contributed by atoms with Crippen molar-refractivity contribution < 1.29 is 9.90 Å². The third kappa shape index (κ3) is 4.69. The van der Waals surface area contributed by atoms with Gasteiger partial charge in [0.2, 0.25) is 0 Å². The second-order valence-corrected chi connectivity index (χ2v) is 5.85. The Balaban J connectivity index is 1.64. The van der Waals surface area contributed by atoms with Crippen LogP contribution in [-0.4, -0.2) is 29.8 Å². The van der Waals surface area contributed by atoms with E-state index in [-0.39, 0.29) is 6.03 Å². The maximum atomic E-state index is 11.6. The van der Waals surface area contributed by atoms with Crippen LogP contribution in [-0.2, 0) is 6.42 Å². The van der Waals surface area contributed by atoms with Gasteiger partial charge in [-0.3, -0.25) is 0 Å². The smallest absolute Gasteiger partial charge is 0.314 e. The molecule has 2 amide bonds. The largest absolute Gasteiger partial charge is 0.388 e. The number of benzene rings is 1.